The van der Waals surface area contributed by atoms with Crippen LogP contribution in [0.4, 0.5) is 0 Å². The van der Waals surface area contributed by atoms with Crippen LogP contribution in [0.15, 0.2) is 24.3 Å². The van der Waals surface area contributed by atoms with E-state index in [9.17, 15) is 9.59 Å². The van der Waals surface area contributed by atoms with Gasteiger partial charge in [0.05, 0.1) is 5.56 Å². The second kappa shape index (κ2) is 7.05. The van der Waals surface area contributed by atoms with E-state index in [1.165, 1.54) is 0 Å². The van der Waals surface area contributed by atoms with Crippen LogP contribution in [-0.2, 0) is 11.3 Å². The Morgan fingerprint density at radius 2 is 2.00 bits per heavy atom. The molecule has 1 aliphatic rings. The first-order valence-electron chi connectivity index (χ1n) is 6.97. The third kappa shape index (κ3) is 4.06. The number of amides is 1. The summed E-state index contributed by atoms with van der Waals surface area (Å²) < 4.78 is 0. The SMILES string of the molecule is O=C(O)c1cccc(CNCCC(=O)N2CCCC2)c1. The maximum Gasteiger partial charge on any atom is 0.335 e. The molecule has 0 aromatic heterocycles. The van der Waals surface area contributed by atoms with Crippen molar-refractivity contribution >= 4 is 11.9 Å². The first-order chi connectivity index (χ1) is 9.66. The van der Waals surface area contributed by atoms with Crippen LogP contribution in [-0.4, -0.2) is 41.5 Å². The Morgan fingerprint density at radius 1 is 1.25 bits per heavy atom. The number of carbonyl (C=O) groups excluding carboxylic acids is 1. The molecule has 1 aromatic rings. The summed E-state index contributed by atoms with van der Waals surface area (Å²) in [6, 6.07) is 6.83. The Kier molecular flexibility index (Phi) is 5.12. The van der Waals surface area contributed by atoms with E-state index in [2.05, 4.69) is 5.32 Å². The molecular formula is C15H20N2O3. The zero-order valence-corrected chi connectivity index (χ0v) is 11.5. The van der Waals surface area contributed by atoms with Gasteiger partial charge in [0, 0.05) is 32.6 Å². The number of carboxylic acids is 1. The Labute approximate surface area is 118 Å². The fraction of sp³-hybridized carbons (Fsp3) is 0.467. The Morgan fingerprint density at radius 3 is 2.70 bits per heavy atom. The summed E-state index contributed by atoms with van der Waals surface area (Å²) in [5.74, 6) is -0.717. The smallest absolute Gasteiger partial charge is 0.335 e. The molecule has 1 aromatic carbocycles. The molecule has 20 heavy (non-hydrogen) atoms. The van der Waals surface area contributed by atoms with Crippen LogP contribution < -0.4 is 5.32 Å². The van der Waals surface area contributed by atoms with Gasteiger partial charge in [-0.3, -0.25) is 4.79 Å². The zero-order valence-electron chi connectivity index (χ0n) is 11.5. The van der Waals surface area contributed by atoms with E-state index in [0.717, 1.165) is 31.5 Å². The van der Waals surface area contributed by atoms with Crippen molar-refractivity contribution in [3.05, 3.63) is 35.4 Å². The summed E-state index contributed by atoms with van der Waals surface area (Å²) in [7, 11) is 0. The molecule has 1 fully saturated rings. The minimum absolute atomic E-state index is 0.203. The molecule has 5 heteroatoms. The molecule has 1 amide bonds. The van der Waals surface area contributed by atoms with Crippen LogP contribution in [0, 0.1) is 0 Å². The van der Waals surface area contributed by atoms with Gasteiger partial charge in [-0.05, 0) is 30.5 Å². The number of likely N-dealkylation sites (tertiary alicyclic amines) is 1. The van der Waals surface area contributed by atoms with Crippen molar-refractivity contribution in [3.8, 4) is 0 Å². The molecule has 0 aliphatic carbocycles. The normalized spacial score (nSPS) is 14.5. The molecular weight excluding hydrogens is 256 g/mol. The number of carbonyl (C=O) groups is 2. The van der Waals surface area contributed by atoms with Crippen molar-refractivity contribution in [3.63, 3.8) is 0 Å². The average molecular weight is 276 g/mol. The molecule has 2 N–H and O–H groups in total. The van der Waals surface area contributed by atoms with Crippen LogP contribution in [0.1, 0.15) is 35.2 Å². The van der Waals surface area contributed by atoms with Gasteiger partial charge < -0.3 is 15.3 Å². The van der Waals surface area contributed by atoms with Gasteiger partial charge in [-0.2, -0.15) is 0 Å². The van der Waals surface area contributed by atoms with Crippen LogP contribution >= 0.6 is 0 Å². The maximum absolute atomic E-state index is 11.8. The van der Waals surface area contributed by atoms with E-state index in [4.69, 9.17) is 5.11 Å². The van der Waals surface area contributed by atoms with Crippen LogP contribution in [0.5, 0.6) is 0 Å². The highest BCUT2D eigenvalue weighted by atomic mass is 16.4. The van der Waals surface area contributed by atoms with Gasteiger partial charge >= 0.3 is 5.97 Å². The van der Waals surface area contributed by atoms with E-state index in [0.29, 0.717) is 19.5 Å². The lowest BCUT2D eigenvalue weighted by molar-refractivity contribution is -0.130. The van der Waals surface area contributed by atoms with Crippen molar-refractivity contribution in [2.45, 2.75) is 25.8 Å². The number of hydrogen-bond donors (Lipinski definition) is 2. The third-order valence-electron chi connectivity index (χ3n) is 3.48. The van der Waals surface area contributed by atoms with Crippen LogP contribution in [0.3, 0.4) is 0 Å². The molecule has 1 aliphatic heterocycles. The number of nitrogens with one attached hydrogen (secondary N) is 1. The fourth-order valence-electron chi connectivity index (χ4n) is 2.37. The lowest BCUT2D eigenvalue weighted by Gasteiger charge is -2.15. The van der Waals surface area contributed by atoms with Crippen molar-refractivity contribution < 1.29 is 14.7 Å². The minimum atomic E-state index is -0.920. The number of rotatable bonds is 6. The largest absolute Gasteiger partial charge is 0.478 e. The van der Waals surface area contributed by atoms with E-state index in [1.54, 1.807) is 18.2 Å². The van der Waals surface area contributed by atoms with Gasteiger partial charge in [-0.25, -0.2) is 4.79 Å². The second-order valence-corrected chi connectivity index (χ2v) is 5.02. The number of hydrogen-bond acceptors (Lipinski definition) is 3. The second-order valence-electron chi connectivity index (χ2n) is 5.02. The Balaban J connectivity index is 1.71. The number of nitrogens with zero attached hydrogens (tertiary/aromatic N) is 1. The predicted octanol–water partition coefficient (Wildman–Crippen LogP) is 1.49. The average Bonchev–Trinajstić information content (AvgIpc) is 2.98. The molecule has 2 rings (SSSR count). The Bertz CT molecular complexity index is 482. The molecule has 0 atom stereocenters. The van der Waals surface area contributed by atoms with Gasteiger partial charge in [0.15, 0.2) is 0 Å². The van der Waals surface area contributed by atoms with Gasteiger partial charge in [-0.1, -0.05) is 12.1 Å². The molecule has 0 bridgehead atoms. The lowest BCUT2D eigenvalue weighted by Crippen LogP contribution is -2.30. The minimum Gasteiger partial charge on any atom is -0.478 e. The van der Waals surface area contributed by atoms with E-state index in [-0.39, 0.29) is 11.5 Å². The van der Waals surface area contributed by atoms with E-state index < -0.39 is 5.97 Å². The Hall–Kier alpha value is -1.88. The van der Waals surface area contributed by atoms with Gasteiger partial charge in [0.2, 0.25) is 5.91 Å². The maximum atomic E-state index is 11.8. The summed E-state index contributed by atoms with van der Waals surface area (Å²) in [5.41, 5.74) is 1.20. The fourth-order valence-corrected chi connectivity index (χ4v) is 2.37. The first kappa shape index (κ1) is 14.5. The van der Waals surface area contributed by atoms with Crippen molar-refractivity contribution in [1.82, 2.24) is 10.2 Å². The van der Waals surface area contributed by atoms with Gasteiger partial charge in [0.25, 0.3) is 0 Å². The van der Waals surface area contributed by atoms with Gasteiger partial charge in [0.1, 0.15) is 0 Å². The number of aromatic carboxylic acids is 1. The standard InChI is InChI=1S/C15H20N2O3/c18-14(17-8-1-2-9-17)6-7-16-11-12-4-3-5-13(10-12)15(19)20/h3-5,10,16H,1-2,6-9,11H2,(H,19,20). The number of benzene rings is 1. The van der Waals surface area contributed by atoms with Crippen molar-refractivity contribution in [1.29, 1.82) is 0 Å². The number of carboxylic acid groups (broad SMARTS) is 1. The monoisotopic (exact) mass is 276 g/mol. The highest BCUT2D eigenvalue weighted by molar-refractivity contribution is 5.87. The molecule has 0 radical (unpaired) electrons. The van der Waals surface area contributed by atoms with Crippen molar-refractivity contribution in [2.24, 2.45) is 0 Å². The summed E-state index contributed by atoms with van der Waals surface area (Å²) in [5, 5.41) is 12.1. The molecule has 0 unspecified atom stereocenters. The van der Waals surface area contributed by atoms with E-state index in [1.807, 2.05) is 11.0 Å². The highest BCUT2D eigenvalue weighted by Gasteiger charge is 2.16. The summed E-state index contributed by atoms with van der Waals surface area (Å²) in [6.07, 6.45) is 2.72. The third-order valence-corrected chi connectivity index (χ3v) is 3.48. The summed E-state index contributed by atoms with van der Waals surface area (Å²) >= 11 is 0. The summed E-state index contributed by atoms with van der Waals surface area (Å²) in [6.45, 7) is 2.97. The summed E-state index contributed by atoms with van der Waals surface area (Å²) in [4.78, 5) is 24.6. The first-order valence-corrected chi connectivity index (χ1v) is 6.97. The molecule has 0 saturated carbocycles. The van der Waals surface area contributed by atoms with Crippen molar-refractivity contribution in [2.75, 3.05) is 19.6 Å². The molecule has 108 valence electrons. The van der Waals surface area contributed by atoms with E-state index >= 15 is 0 Å². The molecule has 0 spiro atoms. The molecule has 1 saturated heterocycles. The van der Waals surface area contributed by atoms with Gasteiger partial charge in [-0.15, -0.1) is 0 Å². The highest BCUT2D eigenvalue weighted by Crippen LogP contribution is 2.09. The van der Waals surface area contributed by atoms with Crippen LogP contribution in [0.25, 0.3) is 0 Å². The van der Waals surface area contributed by atoms with Crippen LogP contribution in [0.2, 0.25) is 0 Å². The lowest BCUT2D eigenvalue weighted by atomic mass is 10.1. The molecule has 1 heterocycles. The topological polar surface area (TPSA) is 69.6 Å². The zero-order chi connectivity index (χ0) is 14.4. The molecule has 5 nitrogen and oxygen atoms in total. The quantitative estimate of drug-likeness (QED) is 0.772. The predicted molar refractivity (Wildman–Crippen MR) is 75.5 cm³/mol.